The van der Waals surface area contributed by atoms with Gasteiger partial charge in [0.1, 0.15) is 17.5 Å². The number of hydrogen-bond donors (Lipinski definition) is 2. The molecule has 3 aromatic rings. The Labute approximate surface area is 240 Å². The maximum absolute atomic E-state index is 14.9. The van der Waals surface area contributed by atoms with Gasteiger partial charge in [-0.1, -0.05) is 38.5 Å². The number of halogens is 1. The van der Waals surface area contributed by atoms with Crippen LogP contribution < -0.4 is 19.5 Å². The zero-order chi connectivity index (χ0) is 28.4. The molecule has 1 aliphatic rings. The van der Waals surface area contributed by atoms with Crippen LogP contribution in [-0.2, 0) is 9.59 Å². The molecule has 1 fully saturated rings. The minimum absolute atomic E-state index is 0.0111. The fourth-order valence-corrected chi connectivity index (χ4v) is 4.74. The Balaban J connectivity index is 1.36. The van der Waals surface area contributed by atoms with Gasteiger partial charge in [0.15, 0.2) is 23.1 Å². The van der Waals surface area contributed by atoms with Gasteiger partial charge in [0.2, 0.25) is 5.91 Å². The number of pyridine rings is 1. The van der Waals surface area contributed by atoms with Crippen LogP contribution in [0.5, 0.6) is 23.0 Å². The number of hydrogen-bond acceptors (Lipinski definition) is 7. The smallest absolute Gasteiger partial charge is 0.237 e. The van der Waals surface area contributed by atoms with Crippen LogP contribution in [0.2, 0.25) is 0 Å². The lowest BCUT2D eigenvalue weighted by atomic mass is 10.1. The highest BCUT2D eigenvalue weighted by atomic mass is 32.1. The monoisotopic (exact) mass is 568 g/mol. The predicted octanol–water partition coefficient (Wildman–Crippen LogP) is 7.52. The second kappa shape index (κ2) is 14.3. The summed E-state index contributed by atoms with van der Waals surface area (Å²) in [6.07, 6.45) is 12.8. The number of carbonyl (C=O) groups is 2. The number of aldehydes is 1. The molecule has 4 rings (SSSR count). The summed E-state index contributed by atoms with van der Waals surface area (Å²) in [6, 6.07) is 9.38. The van der Waals surface area contributed by atoms with Crippen LogP contribution in [-0.4, -0.2) is 36.6 Å². The molecule has 1 amide bonds. The Bertz CT molecular complexity index is 1310. The molecule has 0 aliphatic heterocycles. The summed E-state index contributed by atoms with van der Waals surface area (Å²) in [5.74, 6) is 1.43. The fourth-order valence-electron chi connectivity index (χ4n) is 4.51. The number of thiol groups is 1. The number of benzene rings is 2. The van der Waals surface area contributed by atoms with Gasteiger partial charge in [0, 0.05) is 29.4 Å². The van der Waals surface area contributed by atoms with Gasteiger partial charge in [-0.25, -0.2) is 4.39 Å². The van der Waals surface area contributed by atoms with Crippen molar-refractivity contribution in [2.45, 2.75) is 64.2 Å². The van der Waals surface area contributed by atoms with E-state index in [-0.39, 0.29) is 11.4 Å². The van der Waals surface area contributed by atoms with Crippen molar-refractivity contribution < 1.29 is 28.2 Å². The van der Waals surface area contributed by atoms with Crippen LogP contribution in [0.15, 0.2) is 42.6 Å². The Hall–Kier alpha value is -3.33. The second-order valence-corrected chi connectivity index (χ2v) is 10.7. The van der Waals surface area contributed by atoms with Crippen molar-refractivity contribution in [2.75, 3.05) is 24.8 Å². The minimum atomic E-state index is -0.977. The first-order valence-electron chi connectivity index (χ1n) is 14.0. The molecule has 0 unspecified atom stereocenters. The summed E-state index contributed by atoms with van der Waals surface area (Å²) in [4.78, 5) is 27.9. The van der Waals surface area contributed by atoms with Crippen molar-refractivity contribution >= 4 is 41.4 Å². The van der Waals surface area contributed by atoms with Gasteiger partial charge >= 0.3 is 0 Å². The van der Waals surface area contributed by atoms with E-state index in [4.69, 9.17) is 14.2 Å². The van der Waals surface area contributed by atoms with Gasteiger partial charge in [0.25, 0.3) is 0 Å². The number of carbonyl (C=O) groups excluding carboxylic acids is 2. The van der Waals surface area contributed by atoms with Crippen molar-refractivity contribution in [1.82, 2.24) is 4.98 Å². The van der Waals surface area contributed by atoms with E-state index >= 15 is 0 Å². The molecule has 1 N–H and O–H groups in total. The minimum Gasteiger partial charge on any atom is -0.493 e. The van der Waals surface area contributed by atoms with Crippen molar-refractivity contribution in [3.05, 3.63) is 48.4 Å². The van der Waals surface area contributed by atoms with E-state index in [9.17, 15) is 14.0 Å². The van der Waals surface area contributed by atoms with Gasteiger partial charge in [-0.2, -0.15) is 12.6 Å². The van der Waals surface area contributed by atoms with Gasteiger partial charge in [0.05, 0.1) is 19.2 Å². The first kappa shape index (κ1) is 29.6. The topological polar surface area (TPSA) is 86.8 Å². The molecule has 1 saturated carbocycles. The van der Waals surface area contributed by atoms with Crippen molar-refractivity contribution in [3.8, 4) is 23.0 Å². The van der Waals surface area contributed by atoms with Gasteiger partial charge in [-0.3, -0.25) is 9.78 Å². The predicted molar refractivity (Wildman–Crippen MR) is 157 cm³/mol. The molecular formula is C31H37FN2O5S. The lowest BCUT2D eigenvalue weighted by Gasteiger charge is -2.15. The molecule has 1 heterocycles. The summed E-state index contributed by atoms with van der Waals surface area (Å²) in [5, 5.41) is 3.25. The molecule has 40 heavy (non-hydrogen) atoms. The first-order chi connectivity index (χ1) is 19.5. The lowest BCUT2D eigenvalue weighted by molar-refractivity contribution is -0.126. The average molecular weight is 569 g/mol. The Morgan fingerprint density at radius 2 is 1.70 bits per heavy atom. The van der Waals surface area contributed by atoms with Gasteiger partial charge < -0.3 is 24.3 Å². The Morgan fingerprint density at radius 3 is 2.35 bits per heavy atom. The molecule has 9 heteroatoms. The molecule has 0 saturated heterocycles. The number of amides is 1. The zero-order valence-electron chi connectivity index (χ0n) is 22.9. The highest BCUT2D eigenvalue weighted by Crippen LogP contribution is 2.44. The largest absolute Gasteiger partial charge is 0.493 e. The van der Waals surface area contributed by atoms with Gasteiger partial charge in [-0.15, -0.1) is 0 Å². The number of nitrogens with zero attached hydrogens (tertiary/aromatic N) is 1. The van der Waals surface area contributed by atoms with Crippen LogP contribution in [0.3, 0.4) is 0 Å². The molecule has 7 nitrogen and oxygen atoms in total. The highest BCUT2D eigenvalue weighted by Gasteiger charge is 2.50. The van der Waals surface area contributed by atoms with Crippen molar-refractivity contribution in [1.29, 1.82) is 0 Å². The normalized spacial score (nSPS) is 13.6. The van der Waals surface area contributed by atoms with Crippen LogP contribution in [0.4, 0.5) is 10.1 Å². The second-order valence-electron chi connectivity index (χ2n) is 10.2. The number of ether oxygens (including phenoxy) is 3. The van der Waals surface area contributed by atoms with E-state index in [0.717, 1.165) is 18.6 Å². The van der Waals surface area contributed by atoms with E-state index in [0.29, 0.717) is 53.9 Å². The third kappa shape index (κ3) is 7.65. The Morgan fingerprint density at radius 1 is 0.975 bits per heavy atom. The Kier molecular flexibility index (Phi) is 10.6. The maximum Gasteiger partial charge on any atom is 0.237 e. The molecule has 0 bridgehead atoms. The third-order valence-corrected chi connectivity index (χ3v) is 7.49. The number of rotatable bonds is 17. The van der Waals surface area contributed by atoms with E-state index in [1.54, 1.807) is 31.5 Å². The summed E-state index contributed by atoms with van der Waals surface area (Å²) in [6.45, 7) is 0.583. The number of unbranched alkanes of at least 4 members (excludes halogenated alkanes) is 7. The van der Waals surface area contributed by atoms with Crippen LogP contribution in [0, 0.1) is 11.2 Å². The molecule has 0 radical (unpaired) electrons. The molecule has 214 valence electrons. The van der Waals surface area contributed by atoms with E-state index in [1.807, 2.05) is 0 Å². The molecule has 0 spiro atoms. The first-order valence-corrected chi connectivity index (χ1v) is 14.6. The van der Waals surface area contributed by atoms with E-state index in [2.05, 4.69) is 22.9 Å². The standard InChI is InChI=1S/C31H37FN2O5S/c1-37-28-19-23-25(20-29(28)38-16-8-6-4-2-3-5-7-9-17-40)33-15-12-26(23)39-27-11-10-22(18-24(27)32)34-30(36)31(21-35)13-14-31/h10-12,15,18-21,40H,2-9,13-14,16-17H2,1H3,(H,34,36). The van der Waals surface area contributed by atoms with Crippen molar-refractivity contribution in [3.63, 3.8) is 0 Å². The molecule has 1 aromatic heterocycles. The van der Waals surface area contributed by atoms with Crippen LogP contribution in [0.1, 0.15) is 64.2 Å². The summed E-state index contributed by atoms with van der Waals surface area (Å²) >= 11 is 4.25. The third-order valence-electron chi connectivity index (χ3n) is 7.17. The molecule has 1 aliphatic carbocycles. The fraction of sp³-hybridized carbons (Fsp3) is 0.452. The molecule has 2 aromatic carbocycles. The highest BCUT2D eigenvalue weighted by molar-refractivity contribution is 7.80. The summed E-state index contributed by atoms with van der Waals surface area (Å²) < 4.78 is 32.4. The van der Waals surface area contributed by atoms with Crippen molar-refractivity contribution in [2.24, 2.45) is 5.41 Å². The van der Waals surface area contributed by atoms with Crippen LogP contribution in [0.25, 0.3) is 10.9 Å². The van der Waals surface area contributed by atoms with E-state index < -0.39 is 17.1 Å². The number of fused-ring (bicyclic) bond motifs is 1. The number of nitrogens with one attached hydrogen (secondary N) is 1. The number of anilines is 1. The quantitative estimate of drug-likeness (QED) is 0.0758. The van der Waals surface area contributed by atoms with Crippen LogP contribution >= 0.6 is 12.6 Å². The summed E-state index contributed by atoms with van der Waals surface area (Å²) in [5.41, 5.74) is -0.0906. The summed E-state index contributed by atoms with van der Waals surface area (Å²) in [7, 11) is 1.57. The molecule has 0 atom stereocenters. The van der Waals surface area contributed by atoms with Gasteiger partial charge in [-0.05, 0) is 55.7 Å². The SMILES string of the molecule is COc1cc2c(Oc3ccc(NC(=O)C4(C=O)CC4)cc3F)ccnc2cc1OCCCCCCCCCCS. The zero-order valence-corrected chi connectivity index (χ0v) is 23.8. The number of aromatic nitrogens is 1. The average Bonchev–Trinajstić information content (AvgIpc) is 3.77. The number of methoxy groups -OCH3 is 1. The molecular weight excluding hydrogens is 531 g/mol. The lowest BCUT2D eigenvalue weighted by Crippen LogP contribution is -2.25. The van der Waals surface area contributed by atoms with E-state index in [1.165, 1.54) is 56.7 Å². The maximum atomic E-state index is 14.9.